The molecule has 0 bridgehead atoms. The van der Waals surface area contributed by atoms with E-state index in [9.17, 15) is 4.79 Å². The second kappa shape index (κ2) is 9.37. The molecular formula is C15H22Cl2N4OS. The molecule has 0 saturated carbocycles. The summed E-state index contributed by atoms with van der Waals surface area (Å²) in [6, 6.07) is 4.09. The van der Waals surface area contributed by atoms with Gasteiger partial charge in [0.2, 0.25) is 5.91 Å². The van der Waals surface area contributed by atoms with E-state index in [-0.39, 0.29) is 30.7 Å². The number of imidazole rings is 1. The van der Waals surface area contributed by atoms with E-state index in [1.807, 2.05) is 21.6 Å². The Kier molecular flexibility index (Phi) is 8.19. The van der Waals surface area contributed by atoms with Gasteiger partial charge in [0.1, 0.15) is 5.65 Å². The minimum absolute atomic E-state index is 0. The molecule has 1 aliphatic rings. The Bertz CT molecular complexity index is 643. The predicted molar refractivity (Wildman–Crippen MR) is 100 cm³/mol. The number of thioether (sulfide) groups is 1. The minimum Gasteiger partial charge on any atom is -0.339 e. The smallest absolute Gasteiger partial charge is 0.232 e. The van der Waals surface area contributed by atoms with Gasteiger partial charge in [-0.25, -0.2) is 4.98 Å². The summed E-state index contributed by atoms with van der Waals surface area (Å²) in [4.78, 5) is 18.6. The lowest BCUT2D eigenvalue weighted by atomic mass is 10.3. The molecule has 5 nitrogen and oxygen atoms in total. The fourth-order valence-corrected chi connectivity index (χ4v) is 3.28. The van der Waals surface area contributed by atoms with Gasteiger partial charge in [-0.15, -0.1) is 36.6 Å². The van der Waals surface area contributed by atoms with Crippen molar-refractivity contribution in [2.24, 2.45) is 0 Å². The number of carbonyl (C=O) groups excluding carboxylic acids is 1. The molecular weight excluding hydrogens is 355 g/mol. The molecule has 2 aromatic heterocycles. The number of nitrogens with zero attached hydrogens (tertiary/aromatic N) is 3. The van der Waals surface area contributed by atoms with Crippen LogP contribution >= 0.6 is 36.6 Å². The number of aryl methyl sites for hydroxylation is 1. The highest BCUT2D eigenvalue weighted by Gasteiger charge is 2.15. The third-order valence-electron chi connectivity index (χ3n) is 3.59. The topological polar surface area (TPSA) is 49.6 Å². The van der Waals surface area contributed by atoms with E-state index >= 15 is 0 Å². The van der Waals surface area contributed by atoms with E-state index in [2.05, 4.69) is 29.5 Å². The third kappa shape index (κ3) is 5.28. The van der Waals surface area contributed by atoms with Crippen LogP contribution in [0.5, 0.6) is 0 Å². The molecule has 3 rings (SSSR count). The van der Waals surface area contributed by atoms with Crippen molar-refractivity contribution in [3.05, 3.63) is 35.8 Å². The molecule has 0 aliphatic carbocycles. The number of halogens is 2. The average Bonchev–Trinajstić information content (AvgIpc) is 2.89. The molecule has 1 saturated heterocycles. The van der Waals surface area contributed by atoms with Crippen LogP contribution in [0, 0.1) is 6.92 Å². The number of hydrogen-bond acceptors (Lipinski definition) is 4. The summed E-state index contributed by atoms with van der Waals surface area (Å²) in [7, 11) is 0. The molecule has 23 heavy (non-hydrogen) atoms. The largest absolute Gasteiger partial charge is 0.339 e. The summed E-state index contributed by atoms with van der Waals surface area (Å²) in [6.45, 7) is 5.53. The maximum atomic E-state index is 12.1. The highest BCUT2D eigenvalue weighted by atomic mass is 35.5. The second-order valence-corrected chi connectivity index (χ2v) is 6.31. The van der Waals surface area contributed by atoms with Gasteiger partial charge in [0.05, 0.1) is 11.4 Å². The van der Waals surface area contributed by atoms with Crippen LogP contribution in [-0.4, -0.2) is 52.1 Å². The summed E-state index contributed by atoms with van der Waals surface area (Å²) < 4.78 is 2.04. The third-order valence-corrected chi connectivity index (χ3v) is 4.54. The number of piperazine rings is 1. The first-order valence-corrected chi connectivity index (χ1v) is 8.38. The minimum atomic E-state index is 0. The first-order valence-electron chi connectivity index (χ1n) is 7.23. The lowest BCUT2D eigenvalue weighted by Crippen LogP contribution is -2.47. The number of carbonyl (C=O) groups is 1. The van der Waals surface area contributed by atoms with Gasteiger partial charge < -0.3 is 14.6 Å². The highest BCUT2D eigenvalue weighted by Crippen LogP contribution is 2.14. The van der Waals surface area contributed by atoms with E-state index < -0.39 is 0 Å². The average molecular weight is 377 g/mol. The van der Waals surface area contributed by atoms with E-state index in [0.717, 1.165) is 43.3 Å². The number of amides is 1. The Balaban J connectivity index is 0.00000132. The van der Waals surface area contributed by atoms with Crippen molar-refractivity contribution in [1.82, 2.24) is 19.6 Å². The van der Waals surface area contributed by atoms with Crippen LogP contribution in [0.3, 0.4) is 0 Å². The number of pyridine rings is 1. The molecule has 2 aromatic rings. The molecule has 1 fully saturated rings. The Morgan fingerprint density at radius 2 is 2.00 bits per heavy atom. The molecule has 8 heteroatoms. The zero-order valence-corrected chi connectivity index (χ0v) is 15.5. The monoisotopic (exact) mass is 376 g/mol. The Morgan fingerprint density at radius 1 is 1.26 bits per heavy atom. The number of rotatable bonds is 4. The fourth-order valence-electron chi connectivity index (χ4n) is 2.47. The summed E-state index contributed by atoms with van der Waals surface area (Å²) in [5.74, 6) is 1.55. The van der Waals surface area contributed by atoms with Crippen molar-refractivity contribution in [3.8, 4) is 0 Å². The summed E-state index contributed by atoms with van der Waals surface area (Å²) >= 11 is 1.64. The molecule has 0 radical (unpaired) electrons. The fraction of sp³-hybridized carbons (Fsp3) is 0.467. The van der Waals surface area contributed by atoms with Crippen molar-refractivity contribution in [1.29, 1.82) is 0 Å². The van der Waals surface area contributed by atoms with E-state index in [0.29, 0.717) is 5.75 Å². The zero-order chi connectivity index (χ0) is 14.7. The molecule has 1 amide bonds. The van der Waals surface area contributed by atoms with Crippen LogP contribution in [0.25, 0.3) is 5.65 Å². The Labute approximate surface area is 153 Å². The van der Waals surface area contributed by atoms with Crippen LogP contribution in [0.2, 0.25) is 0 Å². The van der Waals surface area contributed by atoms with Crippen LogP contribution in [0.15, 0.2) is 24.5 Å². The van der Waals surface area contributed by atoms with Gasteiger partial charge >= 0.3 is 0 Å². The standard InChI is InChI=1S/C15H20N4OS.2ClH/c1-12-2-3-14-17-13(9-19(14)8-12)10-21-11-15(20)18-6-4-16-5-7-18;;/h2-3,8-9,16H,4-7,10-11H2,1H3;2*1H. The van der Waals surface area contributed by atoms with Crippen LogP contribution in [0.1, 0.15) is 11.3 Å². The Hall–Kier alpha value is -0.950. The maximum Gasteiger partial charge on any atom is 0.232 e. The van der Waals surface area contributed by atoms with Crippen molar-refractivity contribution in [2.45, 2.75) is 12.7 Å². The molecule has 3 heterocycles. The number of aromatic nitrogens is 2. The van der Waals surface area contributed by atoms with Crippen LogP contribution in [-0.2, 0) is 10.5 Å². The maximum absolute atomic E-state index is 12.1. The van der Waals surface area contributed by atoms with Gasteiger partial charge in [0.15, 0.2) is 0 Å². The lowest BCUT2D eigenvalue weighted by molar-refractivity contribution is -0.128. The first-order chi connectivity index (χ1) is 10.2. The van der Waals surface area contributed by atoms with Gasteiger partial charge in [-0.05, 0) is 18.6 Å². The zero-order valence-electron chi connectivity index (χ0n) is 13.0. The molecule has 0 spiro atoms. The van der Waals surface area contributed by atoms with Gasteiger partial charge in [-0.3, -0.25) is 4.79 Å². The summed E-state index contributed by atoms with van der Waals surface area (Å²) in [5, 5.41) is 3.26. The van der Waals surface area contributed by atoms with Crippen LogP contribution < -0.4 is 5.32 Å². The van der Waals surface area contributed by atoms with Gasteiger partial charge in [-0.2, -0.15) is 0 Å². The van der Waals surface area contributed by atoms with Gasteiger partial charge in [0, 0.05) is 44.3 Å². The van der Waals surface area contributed by atoms with Crippen molar-refractivity contribution >= 4 is 48.1 Å². The number of nitrogens with one attached hydrogen (secondary N) is 1. The van der Waals surface area contributed by atoms with Crippen LogP contribution in [0.4, 0.5) is 0 Å². The molecule has 0 unspecified atom stereocenters. The summed E-state index contributed by atoms with van der Waals surface area (Å²) in [5.41, 5.74) is 3.20. The van der Waals surface area contributed by atoms with Gasteiger partial charge in [-0.1, -0.05) is 6.07 Å². The van der Waals surface area contributed by atoms with Gasteiger partial charge in [0.25, 0.3) is 0 Å². The highest BCUT2D eigenvalue weighted by molar-refractivity contribution is 7.99. The van der Waals surface area contributed by atoms with Crippen molar-refractivity contribution in [3.63, 3.8) is 0 Å². The number of hydrogen-bond donors (Lipinski definition) is 1. The summed E-state index contributed by atoms with van der Waals surface area (Å²) in [6.07, 6.45) is 4.12. The quantitative estimate of drug-likeness (QED) is 0.887. The molecule has 1 N–H and O–H groups in total. The SMILES string of the molecule is Cc1ccc2nc(CSCC(=O)N3CCNCC3)cn2c1.Cl.Cl. The van der Waals surface area contributed by atoms with E-state index in [4.69, 9.17) is 0 Å². The number of fused-ring (bicyclic) bond motifs is 1. The molecule has 0 atom stereocenters. The first kappa shape index (κ1) is 20.1. The van der Waals surface area contributed by atoms with E-state index in [1.165, 1.54) is 5.56 Å². The molecule has 128 valence electrons. The Morgan fingerprint density at radius 3 is 2.74 bits per heavy atom. The second-order valence-electron chi connectivity index (χ2n) is 5.33. The van der Waals surface area contributed by atoms with E-state index in [1.54, 1.807) is 11.8 Å². The predicted octanol–water partition coefficient (Wildman–Crippen LogP) is 2.15. The molecule has 1 aliphatic heterocycles. The van der Waals surface area contributed by atoms with Crippen molar-refractivity contribution in [2.75, 3.05) is 31.9 Å². The lowest BCUT2D eigenvalue weighted by Gasteiger charge is -2.27. The normalized spacial score (nSPS) is 14.2. The van der Waals surface area contributed by atoms with Crippen molar-refractivity contribution < 1.29 is 4.79 Å². The molecule has 0 aromatic carbocycles.